The molecule has 5 nitrogen and oxygen atoms in total. The van der Waals surface area contributed by atoms with E-state index >= 15 is 0 Å². The molecule has 1 aliphatic rings. The largest absolute Gasteiger partial charge is 0.487 e. The highest BCUT2D eigenvalue weighted by atomic mass is 32.2. The Morgan fingerprint density at radius 3 is 2.17 bits per heavy atom. The van der Waals surface area contributed by atoms with Crippen molar-refractivity contribution in [3.63, 3.8) is 0 Å². The van der Waals surface area contributed by atoms with Crippen molar-refractivity contribution in [1.29, 1.82) is 0 Å². The molecule has 0 spiro atoms. The lowest BCUT2D eigenvalue weighted by molar-refractivity contribution is -0.139. The third-order valence-corrected chi connectivity index (χ3v) is 6.74. The molecule has 154 valence electrons. The number of carbonyl (C=O) groups is 1. The van der Waals surface area contributed by atoms with Crippen LogP contribution in [0, 0.1) is 11.8 Å². The molecule has 0 aliphatic carbocycles. The molecule has 2 atom stereocenters. The maximum Gasteiger partial charge on any atom is 0.338 e. The van der Waals surface area contributed by atoms with Gasteiger partial charge in [0, 0.05) is 11.5 Å². The van der Waals surface area contributed by atoms with Crippen LogP contribution >= 0.6 is 0 Å². The molecule has 3 rings (SSSR count). The molecule has 6 heteroatoms. The molecule has 2 aromatic rings. The number of hydrogen-bond donors (Lipinski definition) is 0. The molecule has 2 aromatic carbocycles. The van der Waals surface area contributed by atoms with Crippen molar-refractivity contribution in [1.82, 2.24) is 0 Å². The zero-order valence-electron chi connectivity index (χ0n) is 16.9. The molecule has 0 aromatic heterocycles. The van der Waals surface area contributed by atoms with E-state index in [0.717, 1.165) is 5.56 Å². The number of benzene rings is 2. The zero-order valence-corrected chi connectivity index (χ0v) is 17.7. The second-order valence-electron chi connectivity index (χ2n) is 7.35. The number of ether oxygens (including phenoxy) is 2. The Bertz CT molecular complexity index is 978. The number of rotatable bonds is 7. The van der Waals surface area contributed by atoms with Crippen molar-refractivity contribution >= 4 is 21.6 Å². The van der Waals surface area contributed by atoms with E-state index in [1.54, 1.807) is 37.3 Å². The summed E-state index contributed by atoms with van der Waals surface area (Å²) in [6.07, 6.45) is -0.671. The molecule has 0 fully saturated rings. The molecular formula is C23H26O5S. The summed E-state index contributed by atoms with van der Waals surface area (Å²) < 4.78 is 37.4. The Kier molecular flexibility index (Phi) is 6.42. The minimum atomic E-state index is -3.58. The molecule has 0 amide bonds. The van der Waals surface area contributed by atoms with Crippen LogP contribution < -0.4 is 0 Å². The van der Waals surface area contributed by atoms with Crippen molar-refractivity contribution < 1.29 is 22.7 Å². The van der Waals surface area contributed by atoms with E-state index in [1.807, 2.05) is 44.2 Å². The first-order valence-corrected chi connectivity index (χ1v) is 11.4. The quantitative estimate of drug-likeness (QED) is 0.638. The van der Waals surface area contributed by atoms with Crippen LogP contribution in [0.1, 0.15) is 26.3 Å². The van der Waals surface area contributed by atoms with Gasteiger partial charge in [0.25, 0.3) is 0 Å². The van der Waals surface area contributed by atoms with Gasteiger partial charge >= 0.3 is 5.97 Å². The second kappa shape index (κ2) is 8.82. The standard InChI is InChI=1S/C23H26O5S/c1-4-27-23(24)21-20(16(2)3)19(28-22(21)17-11-7-5-8-12-17)15-29(25,26)18-13-9-6-10-14-18/h5-14,16,19-20H,4,15H2,1-3H3. The highest BCUT2D eigenvalue weighted by Crippen LogP contribution is 2.42. The smallest absolute Gasteiger partial charge is 0.338 e. The maximum atomic E-state index is 13.0. The number of esters is 1. The van der Waals surface area contributed by atoms with Gasteiger partial charge in [-0.25, -0.2) is 13.2 Å². The van der Waals surface area contributed by atoms with Gasteiger partial charge < -0.3 is 9.47 Å². The highest BCUT2D eigenvalue weighted by Gasteiger charge is 2.45. The van der Waals surface area contributed by atoms with E-state index in [0.29, 0.717) is 11.3 Å². The van der Waals surface area contributed by atoms with Gasteiger partial charge in [-0.2, -0.15) is 0 Å². The van der Waals surface area contributed by atoms with E-state index in [2.05, 4.69) is 0 Å². The Labute approximate surface area is 172 Å². The van der Waals surface area contributed by atoms with Crippen LogP contribution in [0.3, 0.4) is 0 Å². The van der Waals surface area contributed by atoms with E-state index in [-0.39, 0.29) is 29.1 Å². The predicted octanol–water partition coefficient (Wildman–Crippen LogP) is 4.11. The van der Waals surface area contributed by atoms with Gasteiger partial charge in [-0.15, -0.1) is 0 Å². The van der Waals surface area contributed by atoms with Crippen molar-refractivity contribution in [3.8, 4) is 0 Å². The van der Waals surface area contributed by atoms with Crippen molar-refractivity contribution in [2.24, 2.45) is 11.8 Å². The average Bonchev–Trinajstić information content (AvgIpc) is 3.08. The molecule has 1 aliphatic heterocycles. The number of carbonyl (C=O) groups excluding carboxylic acids is 1. The Morgan fingerprint density at radius 1 is 1.03 bits per heavy atom. The topological polar surface area (TPSA) is 69.7 Å². The lowest BCUT2D eigenvalue weighted by Crippen LogP contribution is -2.33. The van der Waals surface area contributed by atoms with E-state index in [4.69, 9.17) is 9.47 Å². The average molecular weight is 415 g/mol. The summed E-state index contributed by atoms with van der Waals surface area (Å²) in [5.41, 5.74) is 1.15. The summed E-state index contributed by atoms with van der Waals surface area (Å²) in [5, 5.41) is 0. The normalized spacial score (nSPS) is 19.3. The lowest BCUT2D eigenvalue weighted by atomic mass is 9.84. The van der Waals surface area contributed by atoms with Crippen molar-refractivity contribution in [3.05, 3.63) is 71.8 Å². The SMILES string of the molecule is CCOC(=O)C1=C(c2ccccc2)OC(CS(=O)(=O)c2ccccc2)C1C(C)C. The van der Waals surface area contributed by atoms with Gasteiger partial charge in [-0.1, -0.05) is 62.4 Å². The monoisotopic (exact) mass is 414 g/mol. The molecule has 1 heterocycles. The second-order valence-corrected chi connectivity index (χ2v) is 9.38. The first kappa shape index (κ1) is 21.1. The van der Waals surface area contributed by atoms with E-state index in [1.165, 1.54) is 0 Å². The summed E-state index contributed by atoms with van der Waals surface area (Å²) in [4.78, 5) is 13.1. The summed E-state index contributed by atoms with van der Waals surface area (Å²) in [5.74, 6) is -0.644. The number of sulfone groups is 1. The third kappa shape index (κ3) is 4.53. The number of hydrogen-bond acceptors (Lipinski definition) is 5. The van der Waals surface area contributed by atoms with Gasteiger partial charge in [0.2, 0.25) is 0 Å². The molecule has 0 N–H and O–H groups in total. The summed E-state index contributed by atoms with van der Waals surface area (Å²) >= 11 is 0. The maximum absolute atomic E-state index is 13.0. The van der Waals surface area contributed by atoms with E-state index < -0.39 is 21.9 Å². The fourth-order valence-electron chi connectivity index (χ4n) is 3.72. The molecule has 0 saturated carbocycles. The molecule has 0 radical (unpaired) electrons. The fourth-order valence-corrected chi connectivity index (χ4v) is 5.19. The van der Waals surface area contributed by atoms with Crippen LogP contribution in [-0.2, 0) is 24.1 Å². The minimum absolute atomic E-state index is 0.00779. The van der Waals surface area contributed by atoms with Crippen molar-refractivity contribution in [2.75, 3.05) is 12.4 Å². The molecule has 2 unspecified atom stereocenters. The van der Waals surface area contributed by atoms with Crippen molar-refractivity contribution in [2.45, 2.75) is 31.8 Å². The van der Waals surface area contributed by atoms with Gasteiger partial charge in [0.05, 0.1) is 22.8 Å². The zero-order chi connectivity index (χ0) is 21.0. The van der Waals surface area contributed by atoms with Crippen LogP contribution in [0.5, 0.6) is 0 Å². The Morgan fingerprint density at radius 2 is 1.62 bits per heavy atom. The first-order valence-electron chi connectivity index (χ1n) is 9.76. The molecular weight excluding hydrogens is 388 g/mol. The highest BCUT2D eigenvalue weighted by molar-refractivity contribution is 7.91. The Balaban J connectivity index is 2.02. The minimum Gasteiger partial charge on any atom is -0.487 e. The first-order chi connectivity index (χ1) is 13.8. The van der Waals surface area contributed by atoms with Crippen LogP contribution in [0.15, 0.2) is 71.1 Å². The van der Waals surface area contributed by atoms with Crippen LogP contribution in [-0.4, -0.2) is 32.9 Å². The summed E-state index contributed by atoms with van der Waals surface area (Å²) in [6.45, 7) is 5.91. The molecule has 29 heavy (non-hydrogen) atoms. The third-order valence-electron chi connectivity index (χ3n) is 4.98. The van der Waals surface area contributed by atoms with Crippen LogP contribution in [0.25, 0.3) is 5.76 Å². The van der Waals surface area contributed by atoms with Gasteiger partial charge in [-0.05, 0) is 25.0 Å². The van der Waals surface area contributed by atoms with Crippen LogP contribution in [0.4, 0.5) is 0 Å². The van der Waals surface area contributed by atoms with Gasteiger partial charge in [0.15, 0.2) is 9.84 Å². The molecule has 0 bridgehead atoms. The predicted molar refractivity (Wildman–Crippen MR) is 112 cm³/mol. The van der Waals surface area contributed by atoms with Gasteiger partial charge in [0.1, 0.15) is 11.9 Å². The summed E-state index contributed by atoms with van der Waals surface area (Å²) in [7, 11) is -3.58. The Hall–Kier alpha value is -2.60. The summed E-state index contributed by atoms with van der Waals surface area (Å²) in [6, 6.07) is 17.6. The lowest BCUT2D eigenvalue weighted by Gasteiger charge is -2.24. The molecule has 0 saturated heterocycles. The van der Waals surface area contributed by atoms with Gasteiger partial charge in [-0.3, -0.25) is 0 Å². The van der Waals surface area contributed by atoms with Crippen LogP contribution in [0.2, 0.25) is 0 Å². The fraction of sp³-hybridized carbons (Fsp3) is 0.348. The van der Waals surface area contributed by atoms with E-state index in [9.17, 15) is 13.2 Å².